The largest absolute Gasteiger partial charge is 0.398 e. The maximum absolute atomic E-state index is 13.9. The number of hydrogen-bond donors (Lipinski definition) is 2. The van der Waals surface area contributed by atoms with Crippen LogP contribution in [0.2, 0.25) is 0 Å². The van der Waals surface area contributed by atoms with Crippen molar-refractivity contribution in [1.82, 2.24) is 34.5 Å². The quantitative estimate of drug-likeness (QED) is 0.232. The highest BCUT2D eigenvalue weighted by Crippen LogP contribution is 2.43. The van der Waals surface area contributed by atoms with E-state index in [1.807, 2.05) is 54.2 Å². The van der Waals surface area contributed by atoms with E-state index in [4.69, 9.17) is 11.1 Å². The Morgan fingerprint density at radius 3 is 2.67 bits per heavy atom. The lowest BCUT2D eigenvalue weighted by atomic mass is 9.85. The molecular weight excluding hydrogens is 600 g/mol. The Morgan fingerprint density at radius 1 is 1.09 bits per heavy atom. The van der Waals surface area contributed by atoms with Crippen molar-refractivity contribution in [2.75, 3.05) is 49.9 Å². The predicted octanol–water partition coefficient (Wildman–Crippen LogP) is 3.39. The molecular formula is C33H36N10O2S. The summed E-state index contributed by atoms with van der Waals surface area (Å²) in [4.78, 5) is 47.2. The van der Waals surface area contributed by atoms with Gasteiger partial charge in [-0.1, -0.05) is 12.1 Å². The molecule has 3 aliphatic rings. The third-order valence-electron chi connectivity index (χ3n) is 9.25. The van der Waals surface area contributed by atoms with Crippen molar-refractivity contribution in [2.24, 2.45) is 12.5 Å². The molecule has 0 saturated carbocycles. The predicted molar refractivity (Wildman–Crippen MR) is 178 cm³/mol. The molecule has 7 rings (SSSR count). The van der Waals surface area contributed by atoms with E-state index in [0.29, 0.717) is 62.0 Å². The first kappa shape index (κ1) is 29.9. The average Bonchev–Trinajstić information content (AvgIpc) is 3.87. The lowest BCUT2D eigenvalue weighted by Gasteiger charge is -2.28. The van der Waals surface area contributed by atoms with E-state index in [2.05, 4.69) is 31.0 Å². The Morgan fingerprint density at radius 2 is 1.93 bits per heavy atom. The molecule has 0 aliphatic carbocycles. The van der Waals surface area contributed by atoms with E-state index in [1.165, 1.54) is 0 Å². The van der Waals surface area contributed by atoms with E-state index in [-0.39, 0.29) is 17.5 Å². The summed E-state index contributed by atoms with van der Waals surface area (Å²) < 4.78 is 1.67. The molecule has 6 heterocycles. The Kier molecular flexibility index (Phi) is 7.73. The number of benzene rings is 1. The fourth-order valence-electron chi connectivity index (χ4n) is 6.58. The molecule has 2 saturated heterocycles. The lowest BCUT2D eigenvalue weighted by molar-refractivity contribution is -0.132. The van der Waals surface area contributed by atoms with Gasteiger partial charge in [-0.05, 0) is 68.1 Å². The molecule has 4 aromatic rings. The zero-order valence-electron chi connectivity index (χ0n) is 25.9. The van der Waals surface area contributed by atoms with Gasteiger partial charge in [-0.2, -0.15) is 5.10 Å². The van der Waals surface area contributed by atoms with Crippen LogP contribution in [-0.4, -0.2) is 91.3 Å². The number of carbonyl (C=O) groups excluding carboxylic acids is 2. The van der Waals surface area contributed by atoms with Crippen LogP contribution < -0.4 is 10.6 Å². The SMILES string of the molecule is Cc1ccc(C(=N)c2cc(N3CC[C@]4(CCN(CC(=O)N5CC=C(c6ncc(-c7ncn(C)n7)s6)CC5)C4)C3=O)ccc2N)nc1. The third-order valence-corrected chi connectivity index (χ3v) is 10.3. The van der Waals surface area contributed by atoms with Crippen molar-refractivity contribution in [3.8, 4) is 10.7 Å². The zero-order valence-corrected chi connectivity index (χ0v) is 26.8. The van der Waals surface area contributed by atoms with Gasteiger partial charge in [0.05, 0.1) is 28.2 Å². The van der Waals surface area contributed by atoms with E-state index in [1.54, 1.807) is 34.6 Å². The van der Waals surface area contributed by atoms with E-state index in [0.717, 1.165) is 46.0 Å². The normalized spacial score (nSPS) is 20.1. The minimum absolute atomic E-state index is 0.0763. The maximum atomic E-state index is 13.9. The number of pyridine rings is 1. The highest BCUT2D eigenvalue weighted by Gasteiger charge is 2.51. The van der Waals surface area contributed by atoms with Crippen molar-refractivity contribution in [2.45, 2.75) is 26.2 Å². The van der Waals surface area contributed by atoms with Gasteiger partial charge in [-0.25, -0.2) is 9.97 Å². The molecule has 13 heteroatoms. The van der Waals surface area contributed by atoms with Crippen LogP contribution in [0.3, 0.4) is 0 Å². The Hall–Kier alpha value is -4.75. The third kappa shape index (κ3) is 5.60. The minimum atomic E-state index is -0.506. The van der Waals surface area contributed by atoms with Crippen LogP contribution in [0, 0.1) is 17.7 Å². The molecule has 2 fully saturated rings. The van der Waals surface area contributed by atoms with E-state index >= 15 is 0 Å². The van der Waals surface area contributed by atoms with Crippen molar-refractivity contribution < 1.29 is 9.59 Å². The molecule has 1 spiro atoms. The number of nitrogens with one attached hydrogen (secondary N) is 1. The molecule has 236 valence electrons. The van der Waals surface area contributed by atoms with Crippen LogP contribution >= 0.6 is 11.3 Å². The fraction of sp³-hybridized carbons (Fsp3) is 0.364. The molecule has 3 N–H and O–H groups in total. The Labute approximate surface area is 271 Å². The monoisotopic (exact) mass is 636 g/mol. The highest BCUT2D eigenvalue weighted by atomic mass is 32.1. The fourth-order valence-corrected chi connectivity index (χ4v) is 7.50. The number of aryl methyl sites for hydroxylation is 2. The van der Waals surface area contributed by atoms with Gasteiger partial charge in [0.25, 0.3) is 0 Å². The van der Waals surface area contributed by atoms with E-state index in [9.17, 15) is 9.59 Å². The number of anilines is 2. The van der Waals surface area contributed by atoms with Gasteiger partial charge < -0.3 is 15.5 Å². The summed E-state index contributed by atoms with van der Waals surface area (Å²) in [6, 6.07) is 9.16. The first-order valence-corrected chi connectivity index (χ1v) is 16.3. The van der Waals surface area contributed by atoms with E-state index < -0.39 is 5.41 Å². The van der Waals surface area contributed by atoms with Crippen molar-refractivity contribution in [3.05, 3.63) is 77.0 Å². The van der Waals surface area contributed by atoms with Gasteiger partial charge in [0.2, 0.25) is 11.8 Å². The second-order valence-electron chi connectivity index (χ2n) is 12.4. The number of nitrogen functional groups attached to an aromatic ring is 1. The summed E-state index contributed by atoms with van der Waals surface area (Å²) in [5, 5.41) is 14.0. The van der Waals surface area contributed by atoms with Gasteiger partial charge in [-0.3, -0.25) is 29.6 Å². The molecule has 0 unspecified atom stereocenters. The standard InChI is InChI=1S/C33H36N10O2S/c1-21-3-6-26(36-16-21)29(35)24-15-23(4-5-25(24)34)43-14-10-33(32(43)45)9-13-41(19-33)18-28(44)42-11-7-22(8-12-42)31-37-17-27(46-31)30-38-20-40(2)39-30/h3-7,15-17,20,35H,8-14,18-19,34H2,1-2H3/t33-/m0/s1. The number of nitrogens with zero attached hydrogens (tertiary/aromatic N) is 8. The molecule has 1 atom stereocenters. The van der Waals surface area contributed by atoms with Gasteiger partial charge in [-0.15, -0.1) is 11.3 Å². The van der Waals surface area contributed by atoms with Crippen LogP contribution in [0.5, 0.6) is 0 Å². The highest BCUT2D eigenvalue weighted by molar-refractivity contribution is 7.16. The molecule has 1 aromatic carbocycles. The second kappa shape index (κ2) is 11.9. The number of hydrogen-bond acceptors (Lipinski definition) is 10. The Balaban J connectivity index is 0.966. The maximum Gasteiger partial charge on any atom is 0.237 e. The van der Waals surface area contributed by atoms with Crippen molar-refractivity contribution >= 4 is 45.8 Å². The number of amides is 2. The molecule has 12 nitrogen and oxygen atoms in total. The summed E-state index contributed by atoms with van der Waals surface area (Å²) in [5.74, 6) is 0.826. The van der Waals surface area contributed by atoms with Crippen molar-refractivity contribution in [1.29, 1.82) is 5.41 Å². The van der Waals surface area contributed by atoms with Gasteiger partial charge >= 0.3 is 0 Å². The number of likely N-dealkylation sites (tertiary alicyclic amines) is 1. The smallest absolute Gasteiger partial charge is 0.237 e. The van der Waals surface area contributed by atoms with Crippen LogP contribution in [-0.2, 0) is 16.6 Å². The van der Waals surface area contributed by atoms with Crippen molar-refractivity contribution in [3.63, 3.8) is 0 Å². The van der Waals surface area contributed by atoms with Gasteiger partial charge in [0.1, 0.15) is 11.3 Å². The van der Waals surface area contributed by atoms with Crippen LogP contribution in [0.1, 0.15) is 41.1 Å². The number of carbonyl (C=O) groups is 2. The summed E-state index contributed by atoms with van der Waals surface area (Å²) in [7, 11) is 1.84. The average molecular weight is 637 g/mol. The summed E-state index contributed by atoms with van der Waals surface area (Å²) in [6.45, 7) is 5.31. The first-order valence-electron chi connectivity index (χ1n) is 15.4. The summed E-state index contributed by atoms with van der Waals surface area (Å²) >= 11 is 1.57. The first-order chi connectivity index (χ1) is 22.2. The second-order valence-corrected chi connectivity index (χ2v) is 13.4. The number of nitrogens with two attached hydrogens (primary N) is 1. The molecule has 3 aliphatic heterocycles. The number of thiazole rings is 1. The summed E-state index contributed by atoms with van der Waals surface area (Å²) in [5.41, 5.74) is 10.4. The van der Waals surface area contributed by atoms with Crippen LogP contribution in [0.25, 0.3) is 16.3 Å². The van der Waals surface area contributed by atoms with Gasteiger partial charge in [0.15, 0.2) is 5.82 Å². The number of rotatable bonds is 7. The molecule has 2 amide bonds. The minimum Gasteiger partial charge on any atom is -0.398 e. The molecule has 3 aromatic heterocycles. The zero-order chi connectivity index (χ0) is 32.0. The molecule has 0 radical (unpaired) electrons. The van der Waals surface area contributed by atoms with Crippen LogP contribution in [0.15, 0.2) is 55.1 Å². The van der Waals surface area contributed by atoms with Gasteiger partial charge in [0, 0.05) is 62.6 Å². The van der Waals surface area contributed by atoms with Crippen LogP contribution in [0.4, 0.5) is 11.4 Å². The topological polar surface area (TPSA) is 150 Å². The number of aromatic nitrogens is 5. The lowest BCUT2D eigenvalue weighted by Crippen LogP contribution is -2.43. The molecule has 46 heavy (non-hydrogen) atoms. The molecule has 0 bridgehead atoms. The summed E-state index contributed by atoms with van der Waals surface area (Å²) in [6.07, 6.45) is 9.50. The Bertz CT molecular complexity index is 1860.